The summed E-state index contributed by atoms with van der Waals surface area (Å²) in [6.07, 6.45) is 0. The number of anilines is 1. The minimum absolute atomic E-state index is 0.292. The van der Waals surface area contributed by atoms with E-state index in [-0.39, 0.29) is 0 Å². The fourth-order valence-corrected chi connectivity index (χ4v) is 3.53. The van der Waals surface area contributed by atoms with Crippen LogP contribution in [0.4, 0.5) is 5.69 Å². The average Bonchev–Trinajstić information content (AvgIpc) is 2.40. The summed E-state index contributed by atoms with van der Waals surface area (Å²) in [5, 5.41) is 0. The third kappa shape index (κ3) is 3.62. The van der Waals surface area contributed by atoms with Crippen LogP contribution in [0.3, 0.4) is 0 Å². The lowest BCUT2D eigenvalue weighted by molar-refractivity contribution is 0.185. The van der Waals surface area contributed by atoms with Crippen molar-refractivity contribution < 1.29 is 13.2 Å². The molecule has 1 N–H and O–H groups in total. The molecule has 0 aliphatic rings. The monoisotopic (exact) mass is 305 g/mol. The maximum absolute atomic E-state index is 12.5. The minimum atomic E-state index is -3.61. The van der Waals surface area contributed by atoms with Gasteiger partial charge in [-0.15, -0.1) is 0 Å². The Bertz CT molecular complexity index is 739. The van der Waals surface area contributed by atoms with Crippen molar-refractivity contribution in [3.63, 3.8) is 0 Å². The molecule has 0 spiro atoms. The molecule has 0 aromatic heterocycles. The van der Waals surface area contributed by atoms with E-state index >= 15 is 0 Å². The van der Waals surface area contributed by atoms with Crippen LogP contribution < -0.4 is 4.72 Å². The van der Waals surface area contributed by atoms with Gasteiger partial charge in [0.25, 0.3) is 10.0 Å². The van der Waals surface area contributed by atoms with Gasteiger partial charge in [0.1, 0.15) is 0 Å². The van der Waals surface area contributed by atoms with Crippen molar-refractivity contribution in [1.82, 2.24) is 0 Å². The number of aryl methyl sites for hydroxylation is 2. The van der Waals surface area contributed by atoms with Gasteiger partial charge in [-0.05, 0) is 31.5 Å². The molecule has 21 heavy (non-hydrogen) atoms. The van der Waals surface area contributed by atoms with Crippen LogP contribution in [-0.4, -0.2) is 15.5 Å². The Labute approximate surface area is 125 Å². The Morgan fingerprint density at radius 3 is 2.48 bits per heavy atom. The maximum atomic E-state index is 12.5. The number of hydrogen-bond donors (Lipinski definition) is 1. The summed E-state index contributed by atoms with van der Waals surface area (Å²) in [6.45, 7) is 4.08. The summed E-state index contributed by atoms with van der Waals surface area (Å²) in [6, 6.07) is 12.5. The number of ether oxygens (including phenoxy) is 1. The van der Waals surface area contributed by atoms with Gasteiger partial charge in [0.05, 0.1) is 17.2 Å². The predicted octanol–water partition coefficient (Wildman–Crippen LogP) is 3.25. The van der Waals surface area contributed by atoms with Gasteiger partial charge in [0.2, 0.25) is 0 Å². The first-order chi connectivity index (χ1) is 9.94. The zero-order valence-electron chi connectivity index (χ0n) is 12.4. The molecule has 2 aromatic carbocycles. The molecule has 0 unspecified atom stereocenters. The second-order valence-corrected chi connectivity index (χ2v) is 6.62. The van der Waals surface area contributed by atoms with Gasteiger partial charge in [-0.25, -0.2) is 8.42 Å². The molecule has 0 fully saturated rings. The number of benzene rings is 2. The Kier molecular flexibility index (Phi) is 4.65. The molecule has 0 heterocycles. The van der Waals surface area contributed by atoms with Crippen molar-refractivity contribution in [3.8, 4) is 0 Å². The van der Waals surface area contributed by atoms with Crippen LogP contribution in [0.1, 0.15) is 16.7 Å². The van der Waals surface area contributed by atoms with Gasteiger partial charge in [0.15, 0.2) is 0 Å². The molecule has 2 rings (SSSR count). The lowest BCUT2D eigenvalue weighted by Crippen LogP contribution is -2.15. The highest BCUT2D eigenvalue weighted by Gasteiger charge is 2.18. The molecule has 0 saturated carbocycles. The maximum Gasteiger partial charge on any atom is 0.262 e. The topological polar surface area (TPSA) is 55.4 Å². The van der Waals surface area contributed by atoms with E-state index in [1.165, 1.54) is 0 Å². The Morgan fingerprint density at radius 1 is 1.10 bits per heavy atom. The van der Waals surface area contributed by atoms with E-state index in [1.54, 1.807) is 38.3 Å². The summed E-state index contributed by atoms with van der Waals surface area (Å²) < 4.78 is 32.8. The van der Waals surface area contributed by atoms with Crippen molar-refractivity contribution in [2.75, 3.05) is 11.8 Å². The predicted molar refractivity (Wildman–Crippen MR) is 83.9 cm³/mol. The minimum Gasteiger partial charge on any atom is -0.380 e. The number of sulfonamides is 1. The van der Waals surface area contributed by atoms with Crippen LogP contribution in [0.2, 0.25) is 0 Å². The molecule has 0 aliphatic carbocycles. The van der Waals surface area contributed by atoms with Crippen molar-refractivity contribution >= 4 is 15.7 Å². The van der Waals surface area contributed by atoms with E-state index in [2.05, 4.69) is 4.72 Å². The lowest BCUT2D eigenvalue weighted by atomic mass is 10.2. The van der Waals surface area contributed by atoms with E-state index in [0.717, 1.165) is 16.7 Å². The largest absolute Gasteiger partial charge is 0.380 e. The van der Waals surface area contributed by atoms with Crippen LogP contribution in [0.15, 0.2) is 47.4 Å². The van der Waals surface area contributed by atoms with Crippen LogP contribution >= 0.6 is 0 Å². The molecular weight excluding hydrogens is 286 g/mol. The van der Waals surface area contributed by atoms with Gasteiger partial charge >= 0.3 is 0 Å². The van der Waals surface area contributed by atoms with Crippen LogP contribution in [0, 0.1) is 13.8 Å². The summed E-state index contributed by atoms with van der Waals surface area (Å²) in [5.74, 6) is 0. The number of hydrogen-bond acceptors (Lipinski definition) is 3. The molecular formula is C16H19NO3S. The van der Waals surface area contributed by atoms with Crippen LogP contribution in [0.25, 0.3) is 0 Å². The fourth-order valence-electron chi connectivity index (χ4n) is 2.20. The van der Waals surface area contributed by atoms with Crippen LogP contribution in [-0.2, 0) is 21.4 Å². The normalized spacial score (nSPS) is 11.4. The molecule has 112 valence electrons. The van der Waals surface area contributed by atoms with Crippen molar-refractivity contribution in [3.05, 3.63) is 59.2 Å². The Hall–Kier alpha value is -1.85. The second kappa shape index (κ2) is 6.28. The van der Waals surface area contributed by atoms with Gasteiger partial charge in [0, 0.05) is 12.7 Å². The molecule has 5 heteroatoms. The lowest BCUT2D eigenvalue weighted by Gasteiger charge is -2.14. The zero-order valence-corrected chi connectivity index (χ0v) is 13.2. The van der Waals surface area contributed by atoms with Gasteiger partial charge in [-0.1, -0.05) is 35.9 Å². The van der Waals surface area contributed by atoms with E-state index in [4.69, 9.17) is 4.74 Å². The van der Waals surface area contributed by atoms with Gasteiger partial charge in [-0.2, -0.15) is 0 Å². The number of methoxy groups -OCH3 is 1. The highest BCUT2D eigenvalue weighted by atomic mass is 32.2. The summed E-state index contributed by atoms with van der Waals surface area (Å²) in [5.41, 5.74) is 3.10. The molecule has 2 aromatic rings. The second-order valence-electron chi connectivity index (χ2n) is 4.96. The number of nitrogens with one attached hydrogen (secondary N) is 1. The number of rotatable bonds is 5. The highest BCUT2D eigenvalue weighted by molar-refractivity contribution is 7.92. The fraction of sp³-hybridized carbons (Fsp3) is 0.250. The Balaban J connectivity index is 2.38. The zero-order chi connectivity index (χ0) is 15.5. The molecule has 0 radical (unpaired) electrons. The van der Waals surface area contributed by atoms with Crippen molar-refractivity contribution in [1.29, 1.82) is 0 Å². The van der Waals surface area contributed by atoms with Gasteiger partial charge < -0.3 is 4.74 Å². The molecule has 4 nitrogen and oxygen atoms in total. The first-order valence-electron chi connectivity index (χ1n) is 6.61. The number of para-hydroxylation sites is 1. The van der Waals surface area contributed by atoms with Crippen LogP contribution in [0.5, 0.6) is 0 Å². The summed E-state index contributed by atoms with van der Waals surface area (Å²) in [4.78, 5) is 0.292. The SMILES string of the molecule is COCc1ccccc1NS(=O)(=O)c1ccc(C)cc1C. The molecule has 0 saturated heterocycles. The summed E-state index contributed by atoms with van der Waals surface area (Å²) in [7, 11) is -2.03. The molecule has 0 bridgehead atoms. The first kappa shape index (κ1) is 15.5. The van der Waals surface area contributed by atoms with E-state index in [9.17, 15) is 8.42 Å². The van der Waals surface area contributed by atoms with E-state index < -0.39 is 10.0 Å². The van der Waals surface area contributed by atoms with Crippen molar-refractivity contribution in [2.45, 2.75) is 25.3 Å². The average molecular weight is 305 g/mol. The summed E-state index contributed by atoms with van der Waals surface area (Å²) >= 11 is 0. The van der Waals surface area contributed by atoms with E-state index in [0.29, 0.717) is 17.2 Å². The molecule has 0 aliphatic heterocycles. The smallest absolute Gasteiger partial charge is 0.262 e. The third-order valence-corrected chi connectivity index (χ3v) is 4.71. The van der Waals surface area contributed by atoms with E-state index in [1.807, 2.05) is 25.1 Å². The Morgan fingerprint density at radius 2 is 1.81 bits per heavy atom. The van der Waals surface area contributed by atoms with Crippen molar-refractivity contribution in [2.24, 2.45) is 0 Å². The quantitative estimate of drug-likeness (QED) is 0.922. The molecule has 0 amide bonds. The standard InChI is InChI=1S/C16H19NO3S/c1-12-8-9-16(13(2)10-12)21(18,19)17-15-7-5-4-6-14(15)11-20-3/h4-10,17H,11H2,1-3H3. The molecule has 0 atom stereocenters. The van der Waals surface area contributed by atoms with Gasteiger partial charge in [-0.3, -0.25) is 4.72 Å². The highest BCUT2D eigenvalue weighted by Crippen LogP contribution is 2.23. The third-order valence-electron chi connectivity index (χ3n) is 3.18. The first-order valence-corrected chi connectivity index (χ1v) is 8.09.